The molecule has 1 heterocycles. The van der Waals surface area contributed by atoms with E-state index in [0.29, 0.717) is 5.89 Å². The van der Waals surface area contributed by atoms with Crippen molar-refractivity contribution in [2.45, 2.75) is 33.3 Å². The summed E-state index contributed by atoms with van der Waals surface area (Å²) in [6, 6.07) is 5.51. The fourth-order valence-corrected chi connectivity index (χ4v) is 1.65. The third-order valence-electron chi connectivity index (χ3n) is 2.53. The quantitative estimate of drug-likeness (QED) is 0.821. The molecule has 2 N–H and O–H groups in total. The molecule has 0 aliphatic heterocycles. The smallest absolute Gasteiger partial charge is 0.264 e. The lowest BCUT2D eigenvalue weighted by Gasteiger charge is -2.07. The van der Waals surface area contributed by atoms with Crippen molar-refractivity contribution in [3.8, 4) is 5.75 Å². The van der Waals surface area contributed by atoms with Crippen LogP contribution in [-0.2, 0) is 13.0 Å². The second kappa shape index (κ2) is 5.53. The molecule has 0 fully saturated rings. The minimum Gasteiger partial charge on any atom is -0.483 e. The van der Waals surface area contributed by atoms with Gasteiger partial charge in [-0.1, -0.05) is 12.1 Å². The van der Waals surface area contributed by atoms with Crippen molar-refractivity contribution in [3.05, 3.63) is 35.5 Å². The average molecular weight is 247 g/mol. The molecule has 18 heavy (non-hydrogen) atoms. The van der Waals surface area contributed by atoms with Crippen molar-refractivity contribution in [2.24, 2.45) is 0 Å². The van der Waals surface area contributed by atoms with E-state index in [2.05, 4.69) is 17.1 Å². The van der Waals surface area contributed by atoms with Crippen LogP contribution in [0.5, 0.6) is 5.75 Å². The largest absolute Gasteiger partial charge is 0.483 e. The summed E-state index contributed by atoms with van der Waals surface area (Å²) in [6.45, 7) is 4.30. The highest BCUT2D eigenvalue weighted by Gasteiger charge is 2.07. The van der Waals surface area contributed by atoms with E-state index in [4.69, 9.17) is 15.0 Å². The number of anilines is 1. The number of nitrogens with two attached hydrogens (primary N) is 1. The molecule has 0 unspecified atom stereocenters. The summed E-state index contributed by atoms with van der Waals surface area (Å²) in [5.41, 5.74) is 7.39. The predicted molar refractivity (Wildman–Crippen MR) is 68.2 cm³/mol. The third-order valence-corrected chi connectivity index (χ3v) is 2.53. The molecule has 5 nitrogen and oxygen atoms in total. The lowest BCUT2D eigenvalue weighted by atomic mass is 10.2. The second-order valence-electron chi connectivity index (χ2n) is 4.17. The van der Waals surface area contributed by atoms with Gasteiger partial charge >= 0.3 is 0 Å². The van der Waals surface area contributed by atoms with E-state index in [1.165, 1.54) is 0 Å². The van der Waals surface area contributed by atoms with Crippen LogP contribution < -0.4 is 10.5 Å². The molecular weight excluding hydrogens is 230 g/mol. The molecule has 0 saturated carbocycles. The minimum absolute atomic E-state index is 0.279. The molecular formula is C13H17N3O2. The molecule has 0 radical (unpaired) electrons. The minimum atomic E-state index is 0.279. The van der Waals surface area contributed by atoms with Gasteiger partial charge in [0.1, 0.15) is 5.75 Å². The van der Waals surface area contributed by atoms with Crippen LogP contribution in [0.4, 0.5) is 5.69 Å². The number of aromatic nitrogens is 2. The van der Waals surface area contributed by atoms with E-state index in [1.807, 2.05) is 19.1 Å². The zero-order valence-electron chi connectivity index (χ0n) is 10.6. The van der Waals surface area contributed by atoms with Crippen LogP contribution in [0.2, 0.25) is 0 Å². The molecule has 0 saturated heterocycles. The van der Waals surface area contributed by atoms with Crippen molar-refractivity contribution in [1.29, 1.82) is 0 Å². The van der Waals surface area contributed by atoms with Crippen LogP contribution in [0.15, 0.2) is 22.7 Å². The Balaban J connectivity index is 1.97. The lowest BCUT2D eigenvalue weighted by Crippen LogP contribution is -1.98. The molecule has 5 heteroatoms. The molecule has 1 aromatic heterocycles. The number of ether oxygens (including phenoxy) is 1. The Hall–Kier alpha value is -2.04. The molecule has 1 aromatic carbocycles. The third kappa shape index (κ3) is 3.00. The highest BCUT2D eigenvalue weighted by atomic mass is 16.5. The molecule has 0 spiro atoms. The first-order chi connectivity index (χ1) is 8.69. The van der Waals surface area contributed by atoms with Gasteiger partial charge in [0, 0.05) is 12.1 Å². The summed E-state index contributed by atoms with van der Waals surface area (Å²) in [6.07, 6.45) is 1.82. The average Bonchev–Trinajstić information content (AvgIpc) is 2.76. The predicted octanol–water partition coefficient (Wildman–Crippen LogP) is 2.49. The molecule has 2 aromatic rings. The fraction of sp³-hybridized carbons (Fsp3) is 0.385. The number of nitrogen functional groups attached to an aromatic ring is 1. The summed E-state index contributed by atoms with van der Waals surface area (Å²) < 4.78 is 10.7. The van der Waals surface area contributed by atoms with Gasteiger partial charge in [-0.25, -0.2) is 0 Å². The Morgan fingerprint density at radius 1 is 1.39 bits per heavy atom. The molecule has 0 aliphatic carbocycles. The first kappa shape index (κ1) is 12.4. The number of hydrogen-bond donors (Lipinski definition) is 1. The molecule has 0 amide bonds. The standard InChI is InChI=1S/C13H17N3O2/c1-3-4-12-15-13(18-16-12)8-17-11-6-5-10(14)7-9(11)2/h5-7H,3-4,8,14H2,1-2H3. The van der Waals surface area contributed by atoms with Gasteiger partial charge in [0.25, 0.3) is 5.89 Å². The van der Waals surface area contributed by atoms with Crippen molar-refractivity contribution in [2.75, 3.05) is 5.73 Å². The topological polar surface area (TPSA) is 74.2 Å². The van der Waals surface area contributed by atoms with Gasteiger partial charge in [-0.3, -0.25) is 0 Å². The summed E-state index contributed by atoms with van der Waals surface area (Å²) in [5, 5.41) is 3.87. The fourth-order valence-electron chi connectivity index (χ4n) is 1.65. The molecule has 96 valence electrons. The first-order valence-electron chi connectivity index (χ1n) is 5.99. The molecule has 0 atom stereocenters. The maximum Gasteiger partial charge on any atom is 0.264 e. The highest BCUT2D eigenvalue weighted by molar-refractivity contribution is 5.47. The van der Waals surface area contributed by atoms with Crippen molar-refractivity contribution in [3.63, 3.8) is 0 Å². The summed E-state index contributed by atoms with van der Waals surface area (Å²) in [7, 11) is 0. The maximum absolute atomic E-state index is 5.68. The molecule has 0 bridgehead atoms. The van der Waals surface area contributed by atoms with Crippen LogP contribution in [0.1, 0.15) is 30.6 Å². The van der Waals surface area contributed by atoms with Gasteiger partial charge in [-0.2, -0.15) is 4.98 Å². The van der Waals surface area contributed by atoms with Gasteiger partial charge in [0.15, 0.2) is 12.4 Å². The van der Waals surface area contributed by atoms with Gasteiger partial charge in [0.05, 0.1) is 0 Å². The lowest BCUT2D eigenvalue weighted by molar-refractivity contribution is 0.241. The van der Waals surface area contributed by atoms with E-state index in [9.17, 15) is 0 Å². The van der Waals surface area contributed by atoms with Crippen molar-refractivity contribution < 1.29 is 9.26 Å². The molecule has 2 rings (SSSR count). The zero-order valence-corrected chi connectivity index (χ0v) is 10.6. The number of nitrogens with zero attached hydrogens (tertiary/aromatic N) is 2. The van der Waals surface area contributed by atoms with Crippen LogP contribution in [0.25, 0.3) is 0 Å². The van der Waals surface area contributed by atoms with E-state index in [-0.39, 0.29) is 6.61 Å². The number of rotatable bonds is 5. The SMILES string of the molecule is CCCc1noc(COc2ccc(N)cc2C)n1. The maximum atomic E-state index is 5.68. The number of aryl methyl sites for hydroxylation is 2. The Labute approximate surface area is 106 Å². The van der Waals surface area contributed by atoms with E-state index >= 15 is 0 Å². The van der Waals surface area contributed by atoms with Crippen molar-refractivity contribution in [1.82, 2.24) is 10.1 Å². The van der Waals surface area contributed by atoms with E-state index < -0.39 is 0 Å². The van der Waals surface area contributed by atoms with Crippen LogP contribution >= 0.6 is 0 Å². The van der Waals surface area contributed by atoms with E-state index in [0.717, 1.165) is 35.7 Å². The second-order valence-corrected chi connectivity index (χ2v) is 4.17. The Kier molecular flexibility index (Phi) is 3.82. The van der Waals surface area contributed by atoms with Crippen molar-refractivity contribution >= 4 is 5.69 Å². The highest BCUT2D eigenvalue weighted by Crippen LogP contribution is 2.21. The number of hydrogen-bond acceptors (Lipinski definition) is 5. The Bertz CT molecular complexity index is 523. The Morgan fingerprint density at radius 3 is 2.94 bits per heavy atom. The summed E-state index contributed by atoms with van der Waals surface area (Å²) in [4.78, 5) is 4.23. The van der Waals surface area contributed by atoms with Gasteiger partial charge < -0.3 is 15.0 Å². The summed E-state index contributed by atoms with van der Waals surface area (Å²) in [5.74, 6) is 2.00. The van der Waals surface area contributed by atoms with Gasteiger partial charge in [0.2, 0.25) is 0 Å². The first-order valence-corrected chi connectivity index (χ1v) is 5.99. The zero-order chi connectivity index (χ0) is 13.0. The number of benzene rings is 1. The monoisotopic (exact) mass is 247 g/mol. The Morgan fingerprint density at radius 2 is 2.22 bits per heavy atom. The van der Waals surface area contributed by atoms with E-state index in [1.54, 1.807) is 6.07 Å². The van der Waals surface area contributed by atoms with Crippen LogP contribution in [0, 0.1) is 6.92 Å². The molecule has 0 aliphatic rings. The van der Waals surface area contributed by atoms with Crippen LogP contribution in [-0.4, -0.2) is 10.1 Å². The van der Waals surface area contributed by atoms with Gasteiger partial charge in [-0.15, -0.1) is 0 Å². The van der Waals surface area contributed by atoms with Gasteiger partial charge in [-0.05, 0) is 37.1 Å². The summed E-state index contributed by atoms with van der Waals surface area (Å²) >= 11 is 0. The van der Waals surface area contributed by atoms with Crippen LogP contribution in [0.3, 0.4) is 0 Å². The normalized spacial score (nSPS) is 10.6.